The Balaban J connectivity index is 2.17. The second kappa shape index (κ2) is 3.89. The van der Waals surface area contributed by atoms with E-state index in [1.165, 1.54) is 5.69 Å². The smallest absolute Gasteiger partial charge is 0.159 e. The highest BCUT2D eigenvalue weighted by molar-refractivity contribution is 6.05. The van der Waals surface area contributed by atoms with Crippen LogP contribution in [0.3, 0.4) is 0 Å². The fourth-order valence-electron chi connectivity index (χ4n) is 1.59. The molecule has 78 valence electrons. The lowest BCUT2D eigenvalue weighted by Gasteiger charge is -2.15. The molecule has 2 heteroatoms. The fraction of sp³-hybridized carbons (Fsp3) is 0.308. The van der Waals surface area contributed by atoms with Crippen molar-refractivity contribution in [3.8, 4) is 0 Å². The summed E-state index contributed by atoms with van der Waals surface area (Å²) in [5.41, 5.74) is 3.26. The van der Waals surface area contributed by atoms with Gasteiger partial charge in [-0.25, -0.2) is 0 Å². The zero-order valence-electron chi connectivity index (χ0n) is 9.16. The molecule has 1 aliphatic carbocycles. The van der Waals surface area contributed by atoms with Crippen LogP contribution in [0.2, 0.25) is 0 Å². The summed E-state index contributed by atoms with van der Waals surface area (Å²) in [6.45, 7) is 0. The molecule has 0 bridgehead atoms. The zero-order valence-corrected chi connectivity index (χ0v) is 9.16. The van der Waals surface area contributed by atoms with Gasteiger partial charge < -0.3 is 4.90 Å². The molecular weight excluding hydrogens is 186 g/mol. The van der Waals surface area contributed by atoms with Crippen molar-refractivity contribution in [2.24, 2.45) is 0 Å². The largest absolute Gasteiger partial charge is 0.378 e. The van der Waals surface area contributed by atoms with E-state index >= 15 is 0 Å². The Hall–Kier alpha value is -1.57. The van der Waals surface area contributed by atoms with Crippen LogP contribution >= 0.6 is 0 Å². The fourth-order valence-corrected chi connectivity index (χ4v) is 1.59. The SMILES string of the molecule is CN(C)c1ccc(/C=C2\CCC2=O)cc1. The molecule has 2 nitrogen and oxygen atoms in total. The third kappa shape index (κ3) is 2.09. The van der Waals surface area contributed by atoms with Crippen molar-refractivity contribution >= 4 is 17.5 Å². The van der Waals surface area contributed by atoms with Gasteiger partial charge in [0.2, 0.25) is 0 Å². The molecule has 0 heterocycles. The first kappa shape index (κ1) is 9.97. The molecule has 2 rings (SSSR count). The van der Waals surface area contributed by atoms with Gasteiger partial charge in [-0.05, 0) is 35.8 Å². The Bertz CT molecular complexity index is 401. The number of nitrogens with zero attached hydrogens (tertiary/aromatic N) is 1. The van der Waals surface area contributed by atoms with Crippen LogP contribution in [-0.2, 0) is 4.79 Å². The lowest BCUT2D eigenvalue weighted by Crippen LogP contribution is -2.13. The number of benzene rings is 1. The third-order valence-electron chi connectivity index (χ3n) is 2.73. The molecule has 1 aromatic carbocycles. The maximum Gasteiger partial charge on any atom is 0.159 e. The zero-order chi connectivity index (χ0) is 10.8. The van der Waals surface area contributed by atoms with Crippen LogP contribution in [0.4, 0.5) is 5.69 Å². The van der Waals surface area contributed by atoms with E-state index in [-0.39, 0.29) is 0 Å². The number of hydrogen-bond donors (Lipinski definition) is 0. The molecule has 0 N–H and O–H groups in total. The lowest BCUT2D eigenvalue weighted by atomic mass is 9.89. The van der Waals surface area contributed by atoms with Gasteiger partial charge in [-0.2, -0.15) is 0 Å². The Morgan fingerprint density at radius 1 is 1.13 bits per heavy atom. The van der Waals surface area contributed by atoms with E-state index in [9.17, 15) is 4.79 Å². The number of carbonyl (C=O) groups is 1. The maximum absolute atomic E-state index is 11.1. The normalized spacial score (nSPS) is 17.7. The van der Waals surface area contributed by atoms with Gasteiger partial charge in [0, 0.05) is 26.2 Å². The molecule has 0 atom stereocenters. The van der Waals surface area contributed by atoms with E-state index in [1.54, 1.807) is 0 Å². The van der Waals surface area contributed by atoms with E-state index in [4.69, 9.17) is 0 Å². The van der Waals surface area contributed by atoms with Gasteiger partial charge in [0.05, 0.1) is 0 Å². The Morgan fingerprint density at radius 3 is 2.20 bits per heavy atom. The topological polar surface area (TPSA) is 20.3 Å². The molecule has 1 fully saturated rings. The summed E-state index contributed by atoms with van der Waals surface area (Å²) in [5, 5.41) is 0. The molecule has 1 aromatic rings. The van der Waals surface area contributed by atoms with Crippen molar-refractivity contribution in [1.82, 2.24) is 0 Å². The molecule has 1 saturated carbocycles. The van der Waals surface area contributed by atoms with Gasteiger partial charge >= 0.3 is 0 Å². The van der Waals surface area contributed by atoms with Crippen molar-refractivity contribution < 1.29 is 4.79 Å². The molecule has 0 aliphatic heterocycles. The standard InChI is InChI=1S/C13H15NO/c1-14(2)12-6-3-10(4-7-12)9-11-5-8-13(11)15/h3-4,6-7,9H,5,8H2,1-2H3/b11-9+. The maximum atomic E-state index is 11.1. The lowest BCUT2D eigenvalue weighted by molar-refractivity contribution is -0.118. The van der Waals surface area contributed by atoms with Gasteiger partial charge in [-0.15, -0.1) is 0 Å². The summed E-state index contributed by atoms with van der Waals surface area (Å²) in [6, 6.07) is 8.23. The minimum absolute atomic E-state index is 0.298. The first-order valence-corrected chi connectivity index (χ1v) is 5.18. The van der Waals surface area contributed by atoms with Gasteiger partial charge in [0.1, 0.15) is 0 Å². The van der Waals surface area contributed by atoms with Crippen LogP contribution in [0.1, 0.15) is 18.4 Å². The molecule has 0 radical (unpaired) electrons. The average Bonchev–Trinajstić information content (AvgIpc) is 2.24. The van der Waals surface area contributed by atoms with Crippen molar-refractivity contribution in [2.75, 3.05) is 19.0 Å². The minimum Gasteiger partial charge on any atom is -0.378 e. The Morgan fingerprint density at radius 2 is 1.80 bits per heavy atom. The van der Waals surface area contributed by atoms with Crippen LogP contribution in [0.15, 0.2) is 29.8 Å². The molecule has 0 aromatic heterocycles. The van der Waals surface area contributed by atoms with Gasteiger partial charge in [0.25, 0.3) is 0 Å². The number of carbonyl (C=O) groups excluding carboxylic acids is 1. The van der Waals surface area contributed by atoms with Gasteiger partial charge in [0.15, 0.2) is 5.78 Å². The molecule has 15 heavy (non-hydrogen) atoms. The molecule has 0 unspecified atom stereocenters. The van der Waals surface area contributed by atoms with Crippen molar-refractivity contribution in [1.29, 1.82) is 0 Å². The summed E-state index contributed by atoms with van der Waals surface area (Å²) in [6.07, 6.45) is 3.65. The summed E-state index contributed by atoms with van der Waals surface area (Å²) >= 11 is 0. The molecule has 0 spiro atoms. The summed E-state index contributed by atoms with van der Waals surface area (Å²) in [4.78, 5) is 13.2. The molecular formula is C13H15NO. The number of hydrogen-bond acceptors (Lipinski definition) is 2. The van der Waals surface area contributed by atoms with Crippen molar-refractivity contribution in [3.63, 3.8) is 0 Å². The molecule has 1 aliphatic rings. The quantitative estimate of drug-likeness (QED) is 0.685. The number of anilines is 1. The van der Waals surface area contributed by atoms with Gasteiger partial charge in [-0.1, -0.05) is 12.1 Å². The van der Waals surface area contributed by atoms with E-state index in [2.05, 4.69) is 17.0 Å². The average molecular weight is 201 g/mol. The summed E-state index contributed by atoms with van der Waals surface area (Å²) in [7, 11) is 4.03. The number of ketones is 1. The van der Waals surface area contributed by atoms with Crippen LogP contribution in [0.25, 0.3) is 6.08 Å². The second-order valence-corrected chi connectivity index (χ2v) is 4.08. The predicted molar refractivity (Wildman–Crippen MR) is 63.0 cm³/mol. The highest BCUT2D eigenvalue weighted by Crippen LogP contribution is 2.24. The molecule has 0 saturated heterocycles. The van der Waals surface area contributed by atoms with E-state index in [0.717, 1.165) is 24.0 Å². The predicted octanol–water partition coefficient (Wildman–Crippen LogP) is 2.50. The van der Waals surface area contributed by atoms with Crippen molar-refractivity contribution in [3.05, 3.63) is 35.4 Å². The third-order valence-corrected chi connectivity index (χ3v) is 2.73. The van der Waals surface area contributed by atoms with Crippen LogP contribution in [-0.4, -0.2) is 19.9 Å². The van der Waals surface area contributed by atoms with E-state index in [0.29, 0.717) is 5.78 Å². The van der Waals surface area contributed by atoms with Crippen LogP contribution in [0.5, 0.6) is 0 Å². The first-order chi connectivity index (χ1) is 7.16. The number of Topliss-reactive ketones (excluding diaryl/α,β-unsaturated/α-hetero) is 1. The van der Waals surface area contributed by atoms with Crippen molar-refractivity contribution in [2.45, 2.75) is 12.8 Å². The number of rotatable bonds is 2. The summed E-state index contributed by atoms with van der Waals surface area (Å²) < 4.78 is 0. The minimum atomic E-state index is 0.298. The van der Waals surface area contributed by atoms with E-state index < -0.39 is 0 Å². The summed E-state index contributed by atoms with van der Waals surface area (Å²) in [5.74, 6) is 0.298. The van der Waals surface area contributed by atoms with Crippen LogP contribution < -0.4 is 4.90 Å². The molecule has 0 amide bonds. The second-order valence-electron chi connectivity index (χ2n) is 4.08. The highest BCUT2D eigenvalue weighted by atomic mass is 16.1. The Kier molecular flexibility index (Phi) is 2.58. The first-order valence-electron chi connectivity index (χ1n) is 5.18. The van der Waals surface area contributed by atoms with Gasteiger partial charge in [-0.3, -0.25) is 4.79 Å². The number of allylic oxidation sites excluding steroid dienone is 1. The highest BCUT2D eigenvalue weighted by Gasteiger charge is 2.19. The van der Waals surface area contributed by atoms with E-state index in [1.807, 2.05) is 32.3 Å². The van der Waals surface area contributed by atoms with Crippen LogP contribution in [0, 0.1) is 0 Å². The monoisotopic (exact) mass is 201 g/mol. The Labute approximate surface area is 90.2 Å².